The van der Waals surface area contributed by atoms with E-state index in [1.165, 1.54) is 0 Å². The Kier molecular flexibility index (Phi) is 2.85. The Labute approximate surface area is 82.2 Å². The highest BCUT2D eigenvalue weighted by atomic mass is 35.5. The summed E-state index contributed by atoms with van der Waals surface area (Å²) in [4.78, 5) is 0. The van der Waals surface area contributed by atoms with Crippen molar-refractivity contribution in [1.29, 1.82) is 0 Å². The number of hydrogen-bond acceptors (Lipinski definition) is 3. The van der Waals surface area contributed by atoms with E-state index in [0.29, 0.717) is 6.54 Å². The van der Waals surface area contributed by atoms with E-state index in [4.69, 9.17) is 5.73 Å². The second-order valence-electron chi connectivity index (χ2n) is 2.72. The molecule has 0 bridgehead atoms. The first-order chi connectivity index (χ1) is 5.81. The fourth-order valence-electron chi connectivity index (χ4n) is 1.17. The van der Waals surface area contributed by atoms with Crippen LogP contribution in [0.2, 0.25) is 0 Å². The van der Waals surface area contributed by atoms with Gasteiger partial charge in [-0.2, -0.15) is 0 Å². The van der Waals surface area contributed by atoms with Gasteiger partial charge in [0, 0.05) is 12.7 Å². The maximum Gasteiger partial charge on any atom is 0.160 e. The number of hydrogen-bond donors (Lipinski definition) is 1. The topological polar surface area (TPSA) is 56.2 Å². The summed E-state index contributed by atoms with van der Waals surface area (Å²) in [6, 6.07) is 3.88. The van der Waals surface area contributed by atoms with Gasteiger partial charge in [0.25, 0.3) is 0 Å². The Morgan fingerprint density at radius 3 is 2.85 bits per heavy atom. The molecule has 70 valence electrons. The maximum atomic E-state index is 5.51. The van der Waals surface area contributed by atoms with Crippen molar-refractivity contribution in [1.82, 2.24) is 14.6 Å². The van der Waals surface area contributed by atoms with Crippen molar-refractivity contribution in [2.75, 3.05) is 0 Å². The zero-order chi connectivity index (χ0) is 8.55. The molecule has 2 aromatic heterocycles. The predicted molar refractivity (Wildman–Crippen MR) is 52.9 cm³/mol. The molecule has 0 spiro atoms. The zero-order valence-electron chi connectivity index (χ0n) is 7.27. The van der Waals surface area contributed by atoms with Crippen molar-refractivity contribution >= 4 is 18.1 Å². The summed E-state index contributed by atoms with van der Waals surface area (Å²) in [5, 5.41) is 7.91. The molecule has 0 atom stereocenters. The smallest absolute Gasteiger partial charge is 0.160 e. The van der Waals surface area contributed by atoms with Crippen LogP contribution in [-0.2, 0) is 6.54 Å². The lowest BCUT2D eigenvalue weighted by molar-refractivity contribution is 0.979. The molecule has 0 aromatic carbocycles. The van der Waals surface area contributed by atoms with E-state index in [-0.39, 0.29) is 12.4 Å². The normalized spacial score (nSPS) is 10.0. The van der Waals surface area contributed by atoms with Gasteiger partial charge in [-0.3, -0.25) is 4.40 Å². The van der Waals surface area contributed by atoms with E-state index in [2.05, 4.69) is 10.2 Å². The standard InChI is InChI=1S/C8H10N4.ClH/c1-6-10-11-8-3-2-7(4-9)5-12(6)8;/h2-3,5H,4,9H2,1H3;1H. The van der Waals surface area contributed by atoms with Gasteiger partial charge < -0.3 is 5.73 Å². The third-order valence-electron chi connectivity index (χ3n) is 1.87. The van der Waals surface area contributed by atoms with Gasteiger partial charge in [0.1, 0.15) is 5.82 Å². The molecule has 0 saturated carbocycles. The van der Waals surface area contributed by atoms with E-state index in [9.17, 15) is 0 Å². The van der Waals surface area contributed by atoms with Crippen LogP contribution < -0.4 is 5.73 Å². The highest BCUT2D eigenvalue weighted by Gasteiger charge is 1.99. The van der Waals surface area contributed by atoms with E-state index in [0.717, 1.165) is 17.0 Å². The highest BCUT2D eigenvalue weighted by Crippen LogP contribution is 2.05. The first kappa shape index (κ1) is 9.95. The number of aryl methyl sites for hydroxylation is 1. The third-order valence-corrected chi connectivity index (χ3v) is 1.87. The molecule has 0 aliphatic heterocycles. The van der Waals surface area contributed by atoms with Crippen LogP contribution in [0.15, 0.2) is 18.3 Å². The van der Waals surface area contributed by atoms with Gasteiger partial charge in [0.15, 0.2) is 5.65 Å². The Morgan fingerprint density at radius 2 is 2.15 bits per heavy atom. The van der Waals surface area contributed by atoms with Crippen LogP contribution in [0, 0.1) is 6.92 Å². The predicted octanol–water partition coefficient (Wildman–Crippen LogP) is 0.918. The van der Waals surface area contributed by atoms with Crippen molar-refractivity contribution in [3.05, 3.63) is 29.7 Å². The molecule has 2 N–H and O–H groups in total. The summed E-state index contributed by atoms with van der Waals surface area (Å²) in [5.74, 6) is 0.889. The summed E-state index contributed by atoms with van der Waals surface area (Å²) in [7, 11) is 0. The van der Waals surface area contributed by atoms with Crippen LogP contribution >= 0.6 is 12.4 Å². The van der Waals surface area contributed by atoms with Crippen molar-refractivity contribution in [3.63, 3.8) is 0 Å². The Bertz CT molecular complexity index is 409. The van der Waals surface area contributed by atoms with Gasteiger partial charge in [-0.25, -0.2) is 0 Å². The van der Waals surface area contributed by atoms with Crippen molar-refractivity contribution in [2.24, 2.45) is 5.73 Å². The molecule has 0 saturated heterocycles. The summed E-state index contributed by atoms with van der Waals surface area (Å²) in [6.45, 7) is 2.47. The molecule has 0 radical (unpaired) electrons. The maximum absolute atomic E-state index is 5.51. The average molecular weight is 199 g/mol. The van der Waals surface area contributed by atoms with E-state index in [1.807, 2.05) is 29.7 Å². The molecule has 0 unspecified atom stereocenters. The van der Waals surface area contributed by atoms with E-state index >= 15 is 0 Å². The first-order valence-electron chi connectivity index (χ1n) is 3.81. The second kappa shape index (κ2) is 3.72. The number of aromatic nitrogens is 3. The van der Waals surface area contributed by atoms with Crippen LogP contribution in [0.25, 0.3) is 5.65 Å². The molecule has 2 rings (SSSR count). The van der Waals surface area contributed by atoms with Crippen molar-refractivity contribution < 1.29 is 0 Å². The van der Waals surface area contributed by atoms with Crippen LogP contribution in [-0.4, -0.2) is 14.6 Å². The molecular formula is C8H11ClN4. The lowest BCUT2D eigenvalue weighted by Gasteiger charge is -1.97. The summed E-state index contributed by atoms with van der Waals surface area (Å²) in [5.41, 5.74) is 7.46. The SMILES string of the molecule is Cc1nnc2ccc(CN)cn12.Cl. The zero-order valence-corrected chi connectivity index (χ0v) is 8.08. The van der Waals surface area contributed by atoms with Gasteiger partial charge >= 0.3 is 0 Å². The van der Waals surface area contributed by atoms with Crippen LogP contribution in [0.5, 0.6) is 0 Å². The van der Waals surface area contributed by atoms with Gasteiger partial charge in [-0.15, -0.1) is 22.6 Å². The highest BCUT2D eigenvalue weighted by molar-refractivity contribution is 5.85. The average Bonchev–Trinajstić information content (AvgIpc) is 2.47. The van der Waals surface area contributed by atoms with Crippen molar-refractivity contribution in [3.8, 4) is 0 Å². The largest absolute Gasteiger partial charge is 0.326 e. The molecule has 0 amide bonds. The van der Waals surface area contributed by atoms with Gasteiger partial charge in [0.2, 0.25) is 0 Å². The summed E-state index contributed by atoms with van der Waals surface area (Å²) < 4.78 is 1.93. The fourth-order valence-corrected chi connectivity index (χ4v) is 1.17. The number of halogens is 1. The lowest BCUT2D eigenvalue weighted by Crippen LogP contribution is -1.98. The summed E-state index contributed by atoms with van der Waals surface area (Å²) in [6.07, 6.45) is 1.96. The minimum Gasteiger partial charge on any atom is -0.326 e. The molecule has 2 aromatic rings. The van der Waals surface area contributed by atoms with Gasteiger partial charge in [-0.05, 0) is 18.6 Å². The lowest BCUT2D eigenvalue weighted by atomic mass is 10.3. The molecule has 0 fully saturated rings. The number of nitrogens with two attached hydrogens (primary N) is 1. The molecular weight excluding hydrogens is 188 g/mol. The third kappa shape index (κ3) is 1.64. The number of fused-ring (bicyclic) bond motifs is 1. The minimum atomic E-state index is 0. The van der Waals surface area contributed by atoms with Crippen LogP contribution in [0.1, 0.15) is 11.4 Å². The van der Waals surface area contributed by atoms with Crippen LogP contribution in [0.4, 0.5) is 0 Å². The number of nitrogens with zero attached hydrogens (tertiary/aromatic N) is 3. The minimum absolute atomic E-state index is 0. The fraction of sp³-hybridized carbons (Fsp3) is 0.250. The van der Waals surface area contributed by atoms with Crippen LogP contribution in [0.3, 0.4) is 0 Å². The van der Waals surface area contributed by atoms with Gasteiger partial charge in [-0.1, -0.05) is 6.07 Å². The van der Waals surface area contributed by atoms with E-state index in [1.54, 1.807) is 0 Å². The molecule has 0 aliphatic carbocycles. The first-order valence-corrected chi connectivity index (χ1v) is 3.81. The second-order valence-corrected chi connectivity index (χ2v) is 2.72. The molecule has 13 heavy (non-hydrogen) atoms. The van der Waals surface area contributed by atoms with E-state index < -0.39 is 0 Å². The van der Waals surface area contributed by atoms with Gasteiger partial charge in [0.05, 0.1) is 0 Å². The number of pyridine rings is 1. The van der Waals surface area contributed by atoms with Crippen molar-refractivity contribution in [2.45, 2.75) is 13.5 Å². The molecule has 4 nitrogen and oxygen atoms in total. The Morgan fingerprint density at radius 1 is 1.38 bits per heavy atom. The molecule has 5 heteroatoms. The quantitative estimate of drug-likeness (QED) is 0.742. The monoisotopic (exact) mass is 198 g/mol. The Balaban J connectivity index is 0.000000845. The Hall–Kier alpha value is -1.13. The number of rotatable bonds is 1. The molecule has 2 heterocycles. The molecule has 0 aliphatic rings. The summed E-state index contributed by atoms with van der Waals surface area (Å²) >= 11 is 0.